The van der Waals surface area contributed by atoms with Gasteiger partial charge in [-0.2, -0.15) is 0 Å². The molecule has 0 aromatic heterocycles. The quantitative estimate of drug-likeness (QED) is 0.910. The number of hydrogen-bond acceptors (Lipinski definition) is 2. The second-order valence-electron chi connectivity index (χ2n) is 5.14. The van der Waals surface area contributed by atoms with Crippen molar-refractivity contribution >= 4 is 0 Å². The Labute approximate surface area is 118 Å². The van der Waals surface area contributed by atoms with Crippen LogP contribution in [-0.2, 0) is 6.61 Å². The molecule has 2 aromatic rings. The van der Waals surface area contributed by atoms with Crippen molar-refractivity contribution < 1.29 is 14.2 Å². The van der Waals surface area contributed by atoms with Crippen LogP contribution in [0, 0.1) is 19.7 Å². The minimum absolute atomic E-state index is 0.353. The molecule has 0 aliphatic carbocycles. The molecular formula is C17H19FO2. The van der Waals surface area contributed by atoms with Gasteiger partial charge in [-0.15, -0.1) is 0 Å². The fourth-order valence-electron chi connectivity index (χ4n) is 2.29. The normalized spacial score (nSPS) is 12.2. The van der Waals surface area contributed by atoms with Gasteiger partial charge in [0, 0.05) is 11.6 Å². The summed E-state index contributed by atoms with van der Waals surface area (Å²) in [6, 6.07) is 10.4. The zero-order valence-corrected chi connectivity index (χ0v) is 12.0. The van der Waals surface area contributed by atoms with Gasteiger partial charge in [0.05, 0.1) is 6.10 Å². The van der Waals surface area contributed by atoms with Crippen LogP contribution in [0.2, 0.25) is 0 Å². The standard InChI is InChI=1S/C17H19FO2/c1-11-6-12(2)8-14(7-11)10-20-17-9-15(18)4-5-16(17)13(3)19/h4-9,13,19H,10H2,1-3H3/t13-/m0/s1. The molecule has 0 bridgehead atoms. The van der Waals surface area contributed by atoms with Crippen LogP contribution in [0.25, 0.3) is 0 Å². The Morgan fingerprint density at radius 3 is 2.35 bits per heavy atom. The van der Waals surface area contributed by atoms with Crippen LogP contribution in [0.3, 0.4) is 0 Å². The molecular weight excluding hydrogens is 255 g/mol. The van der Waals surface area contributed by atoms with Crippen LogP contribution in [0.5, 0.6) is 5.75 Å². The van der Waals surface area contributed by atoms with E-state index in [1.165, 1.54) is 23.3 Å². The minimum atomic E-state index is -0.690. The first-order valence-electron chi connectivity index (χ1n) is 6.63. The Bertz CT molecular complexity index is 586. The van der Waals surface area contributed by atoms with Gasteiger partial charge in [-0.1, -0.05) is 29.3 Å². The number of rotatable bonds is 4. The summed E-state index contributed by atoms with van der Waals surface area (Å²) in [6.07, 6.45) is -0.690. The molecule has 2 aromatic carbocycles. The van der Waals surface area contributed by atoms with Crippen molar-refractivity contribution in [1.82, 2.24) is 0 Å². The van der Waals surface area contributed by atoms with E-state index in [9.17, 15) is 9.50 Å². The van der Waals surface area contributed by atoms with Crippen molar-refractivity contribution in [3.8, 4) is 5.75 Å². The van der Waals surface area contributed by atoms with Gasteiger partial charge in [0.2, 0.25) is 0 Å². The van der Waals surface area contributed by atoms with Crippen LogP contribution >= 0.6 is 0 Å². The lowest BCUT2D eigenvalue weighted by Crippen LogP contribution is -2.02. The van der Waals surface area contributed by atoms with E-state index in [2.05, 4.69) is 6.07 Å². The lowest BCUT2D eigenvalue weighted by Gasteiger charge is -2.14. The van der Waals surface area contributed by atoms with E-state index >= 15 is 0 Å². The maximum atomic E-state index is 13.3. The van der Waals surface area contributed by atoms with E-state index in [4.69, 9.17) is 4.74 Å². The third-order valence-corrected chi connectivity index (χ3v) is 3.10. The van der Waals surface area contributed by atoms with Gasteiger partial charge < -0.3 is 9.84 Å². The summed E-state index contributed by atoms with van der Waals surface area (Å²) in [7, 11) is 0. The zero-order chi connectivity index (χ0) is 14.7. The molecule has 106 valence electrons. The van der Waals surface area contributed by atoms with E-state index in [0.717, 1.165) is 5.56 Å². The van der Waals surface area contributed by atoms with Crippen LogP contribution in [-0.4, -0.2) is 5.11 Å². The van der Waals surface area contributed by atoms with Crippen molar-refractivity contribution in [2.45, 2.75) is 33.5 Å². The average molecular weight is 274 g/mol. The predicted octanol–water partition coefficient (Wildman–Crippen LogP) is 4.07. The topological polar surface area (TPSA) is 29.5 Å². The summed E-state index contributed by atoms with van der Waals surface area (Å²) < 4.78 is 19.0. The molecule has 1 atom stereocenters. The Morgan fingerprint density at radius 1 is 1.10 bits per heavy atom. The van der Waals surface area contributed by atoms with Gasteiger partial charge in [0.15, 0.2) is 0 Å². The van der Waals surface area contributed by atoms with Gasteiger partial charge >= 0.3 is 0 Å². The SMILES string of the molecule is Cc1cc(C)cc(COc2cc(F)ccc2[C@H](C)O)c1. The van der Waals surface area contributed by atoms with Crippen molar-refractivity contribution in [3.05, 3.63) is 64.5 Å². The fourth-order valence-corrected chi connectivity index (χ4v) is 2.29. The van der Waals surface area contributed by atoms with Crippen LogP contribution < -0.4 is 4.74 Å². The van der Waals surface area contributed by atoms with Gasteiger partial charge in [-0.25, -0.2) is 4.39 Å². The minimum Gasteiger partial charge on any atom is -0.488 e. The number of halogens is 1. The summed E-state index contributed by atoms with van der Waals surface area (Å²) in [6.45, 7) is 6.04. The number of hydrogen-bond donors (Lipinski definition) is 1. The van der Waals surface area contributed by atoms with Crippen LogP contribution in [0.4, 0.5) is 4.39 Å². The van der Waals surface area contributed by atoms with E-state index in [0.29, 0.717) is 17.9 Å². The zero-order valence-electron chi connectivity index (χ0n) is 12.0. The highest BCUT2D eigenvalue weighted by Gasteiger charge is 2.10. The molecule has 0 unspecified atom stereocenters. The third kappa shape index (κ3) is 3.58. The van der Waals surface area contributed by atoms with E-state index in [1.807, 2.05) is 26.0 Å². The van der Waals surface area contributed by atoms with E-state index < -0.39 is 6.10 Å². The van der Waals surface area contributed by atoms with Crippen molar-refractivity contribution in [1.29, 1.82) is 0 Å². The third-order valence-electron chi connectivity index (χ3n) is 3.10. The van der Waals surface area contributed by atoms with E-state index in [1.54, 1.807) is 13.0 Å². The van der Waals surface area contributed by atoms with Crippen molar-refractivity contribution in [2.75, 3.05) is 0 Å². The predicted molar refractivity (Wildman–Crippen MR) is 77.3 cm³/mol. The Morgan fingerprint density at radius 2 is 1.75 bits per heavy atom. The molecule has 2 rings (SSSR count). The van der Waals surface area contributed by atoms with Gasteiger partial charge in [-0.05, 0) is 38.5 Å². The highest BCUT2D eigenvalue weighted by molar-refractivity contribution is 5.36. The van der Waals surface area contributed by atoms with Crippen LogP contribution in [0.1, 0.15) is 35.3 Å². The number of aliphatic hydroxyl groups excluding tert-OH is 1. The lowest BCUT2D eigenvalue weighted by atomic mass is 10.1. The van der Waals surface area contributed by atoms with Gasteiger partial charge in [0.1, 0.15) is 18.2 Å². The highest BCUT2D eigenvalue weighted by atomic mass is 19.1. The average Bonchev–Trinajstić information content (AvgIpc) is 2.35. The lowest BCUT2D eigenvalue weighted by molar-refractivity contribution is 0.190. The second-order valence-corrected chi connectivity index (χ2v) is 5.14. The number of aryl methyl sites for hydroxylation is 2. The molecule has 3 heteroatoms. The molecule has 0 radical (unpaired) electrons. The first-order valence-corrected chi connectivity index (χ1v) is 6.63. The molecule has 0 saturated carbocycles. The number of ether oxygens (including phenoxy) is 1. The fraction of sp³-hybridized carbons (Fsp3) is 0.294. The molecule has 20 heavy (non-hydrogen) atoms. The molecule has 0 aliphatic rings. The Balaban J connectivity index is 2.20. The number of benzene rings is 2. The summed E-state index contributed by atoms with van der Waals surface area (Å²) in [5, 5.41) is 9.68. The first kappa shape index (κ1) is 14.5. The molecule has 0 fully saturated rings. The number of aliphatic hydroxyl groups is 1. The van der Waals surface area contributed by atoms with Gasteiger partial charge in [0.25, 0.3) is 0 Å². The smallest absolute Gasteiger partial charge is 0.128 e. The first-order chi connectivity index (χ1) is 9.45. The van der Waals surface area contributed by atoms with Crippen molar-refractivity contribution in [3.63, 3.8) is 0 Å². The molecule has 0 spiro atoms. The highest BCUT2D eigenvalue weighted by Crippen LogP contribution is 2.27. The maximum Gasteiger partial charge on any atom is 0.128 e. The second kappa shape index (κ2) is 6.06. The maximum absolute atomic E-state index is 13.3. The molecule has 2 nitrogen and oxygen atoms in total. The molecule has 0 aliphatic heterocycles. The van der Waals surface area contributed by atoms with Crippen LogP contribution in [0.15, 0.2) is 36.4 Å². The summed E-state index contributed by atoms with van der Waals surface area (Å²) >= 11 is 0. The summed E-state index contributed by atoms with van der Waals surface area (Å²) in [4.78, 5) is 0. The molecule has 0 saturated heterocycles. The Kier molecular flexibility index (Phi) is 4.40. The van der Waals surface area contributed by atoms with E-state index in [-0.39, 0.29) is 5.82 Å². The molecule has 0 heterocycles. The molecule has 0 amide bonds. The molecule has 1 N–H and O–H groups in total. The Hall–Kier alpha value is -1.87. The van der Waals surface area contributed by atoms with Crippen molar-refractivity contribution in [2.24, 2.45) is 0 Å². The summed E-state index contributed by atoms with van der Waals surface area (Å²) in [5.41, 5.74) is 3.95. The monoisotopic (exact) mass is 274 g/mol. The van der Waals surface area contributed by atoms with Gasteiger partial charge in [-0.3, -0.25) is 0 Å². The largest absolute Gasteiger partial charge is 0.488 e. The summed E-state index contributed by atoms with van der Waals surface area (Å²) in [5.74, 6) is 0.0176.